The molecular weight excluding hydrogens is 390 g/mol. The molecule has 1 saturated heterocycles. The fraction of sp³-hybridized carbons (Fsp3) is 0.320. The second-order valence-corrected chi connectivity index (χ2v) is 7.72. The Hall–Kier alpha value is -3.43. The van der Waals surface area contributed by atoms with E-state index in [-0.39, 0.29) is 24.5 Å². The predicted octanol–water partition coefficient (Wildman–Crippen LogP) is 3.83. The maximum atomic E-state index is 12.9. The SMILES string of the molecule is Cc1cccc(NC(=O)CN(C[C@@H]2CCCO2)C(=O)/C=C/c2ccc(C#N)cc2)c1C. The van der Waals surface area contributed by atoms with Crippen molar-refractivity contribution in [2.45, 2.75) is 32.8 Å². The second-order valence-electron chi connectivity index (χ2n) is 7.72. The topological polar surface area (TPSA) is 82.4 Å². The summed E-state index contributed by atoms with van der Waals surface area (Å²) in [4.78, 5) is 27.1. The van der Waals surface area contributed by atoms with Gasteiger partial charge < -0.3 is 15.0 Å². The highest BCUT2D eigenvalue weighted by atomic mass is 16.5. The van der Waals surface area contributed by atoms with Crippen molar-refractivity contribution >= 4 is 23.6 Å². The number of carbonyl (C=O) groups excluding carboxylic acids is 2. The number of nitrogens with one attached hydrogen (secondary N) is 1. The Bertz CT molecular complexity index is 1000. The number of benzene rings is 2. The largest absolute Gasteiger partial charge is 0.376 e. The highest BCUT2D eigenvalue weighted by molar-refractivity contribution is 5.98. The lowest BCUT2D eigenvalue weighted by molar-refractivity contribution is -0.131. The molecule has 1 aliphatic heterocycles. The van der Waals surface area contributed by atoms with Crippen LogP contribution in [0, 0.1) is 25.2 Å². The summed E-state index contributed by atoms with van der Waals surface area (Å²) in [5.41, 5.74) is 4.22. The van der Waals surface area contributed by atoms with Crippen molar-refractivity contribution in [3.8, 4) is 6.07 Å². The van der Waals surface area contributed by atoms with Gasteiger partial charge in [-0.05, 0) is 67.7 Å². The summed E-state index contributed by atoms with van der Waals surface area (Å²) in [6.07, 6.45) is 4.93. The number of hydrogen-bond donors (Lipinski definition) is 1. The predicted molar refractivity (Wildman–Crippen MR) is 120 cm³/mol. The molecule has 0 radical (unpaired) electrons. The van der Waals surface area contributed by atoms with Crippen molar-refractivity contribution in [3.05, 3.63) is 70.8 Å². The first kappa shape index (κ1) is 22.3. The van der Waals surface area contributed by atoms with Gasteiger partial charge in [0.15, 0.2) is 0 Å². The first-order valence-electron chi connectivity index (χ1n) is 10.4. The molecule has 0 aliphatic carbocycles. The van der Waals surface area contributed by atoms with Crippen LogP contribution in [-0.4, -0.2) is 42.5 Å². The molecule has 3 rings (SSSR count). The van der Waals surface area contributed by atoms with Crippen LogP contribution in [0.4, 0.5) is 5.69 Å². The molecule has 1 heterocycles. The first-order valence-corrected chi connectivity index (χ1v) is 10.4. The zero-order valence-electron chi connectivity index (χ0n) is 17.9. The number of nitrogens with zero attached hydrogens (tertiary/aromatic N) is 2. The van der Waals surface area contributed by atoms with E-state index in [1.165, 1.54) is 11.0 Å². The Morgan fingerprint density at radius 1 is 1.23 bits per heavy atom. The van der Waals surface area contributed by atoms with Crippen molar-refractivity contribution in [2.75, 3.05) is 25.0 Å². The molecule has 0 aromatic heterocycles. The van der Waals surface area contributed by atoms with Crippen LogP contribution < -0.4 is 5.32 Å². The van der Waals surface area contributed by atoms with Gasteiger partial charge >= 0.3 is 0 Å². The highest BCUT2D eigenvalue weighted by Crippen LogP contribution is 2.18. The average Bonchev–Trinajstić information content (AvgIpc) is 3.28. The third-order valence-electron chi connectivity index (χ3n) is 5.43. The van der Waals surface area contributed by atoms with E-state index in [1.54, 1.807) is 30.3 Å². The standard InChI is InChI=1S/C25H27N3O3/c1-18-5-3-7-23(19(18)2)27-24(29)17-28(16-22-6-4-14-31-22)25(30)13-12-20-8-10-21(15-26)11-9-20/h3,5,7-13,22H,4,6,14,16-17H2,1-2H3,(H,27,29)/b13-12+/t22-/m0/s1. The highest BCUT2D eigenvalue weighted by Gasteiger charge is 2.23. The zero-order chi connectivity index (χ0) is 22.2. The molecule has 2 aromatic rings. The Kier molecular flexibility index (Phi) is 7.58. The summed E-state index contributed by atoms with van der Waals surface area (Å²) in [6.45, 7) is 4.95. The van der Waals surface area contributed by atoms with Gasteiger partial charge in [-0.25, -0.2) is 0 Å². The Labute approximate surface area is 183 Å². The van der Waals surface area contributed by atoms with Crippen molar-refractivity contribution in [2.24, 2.45) is 0 Å². The van der Waals surface area contributed by atoms with Crippen molar-refractivity contribution < 1.29 is 14.3 Å². The quantitative estimate of drug-likeness (QED) is 0.694. The van der Waals surface area contributed by atoms with Gasteiger partial charge in [-0.1, -0.05) is 24.3 Å². The van der Waals surface area contributed by atoms with Crippen molar-refractivity contribution in [1.82, 2.24) is 4.90 Å². The van der Waals surface area contributed by atoms with Gasteiger partial charge in [0.1, 0.15) is 6.54 Å². The number of aryl methyl sites for hydroxylation is 1. The minimum absolute atomic E-state index is 0.0518. The fourth-order valence-electron chi connectivity index (χ4n) is 3.46. The number of amides is 2. The van der Waals surface area contributed by atoms with E-state index >= 15 is 0 Å². The van der Waals surface area contributed by atoms with Crippen LogP contribution in [0.5, 0.6) is 0 Å². The lowest BCUT2D eigenvalue weighted by Gasteiger charge is -2.24. The average molecular weight is 418 g/mol. The molecule has 160 valence electrons. The molecule has 2 aromatic carbocycles. The van der Waals surface area contributed by atoms with Crippen LogP contribution in [0.15, 0.2) is 48.5 Å². The summed E-state index contributed by atoms with van der Waals surface area (Å²) >= 11 is 0. The van der Waals surface area contributed by atoms with Crippen LogP contribution in [0.1, 0.15) is 35.1 Å². The third kappa shape index (κ3) is 6.27. The molecule has 0 unspecified atom stereocenters. The Morgan fingerprint density at radius 2 is 2.00 bits per heavy atom. The smallest absolute Gasteiger partial charge is 0.247 e. The second kappa shape index (κ2) is 10.6. The van der Waals surface area contributed by atoms with E-state index < -0.39 is 0 Å². The molecule has 6 heteroatoms. The summed E-state index contributed by atoms with van der Waals surface area (Å²) in [7, 11) is 0. The Morgan fingerprint density at radius 3 is 2.68 bits per heavy atom. The molecule has 0 spiro atoms. The van der Waals surface area contributed by atoms with Crippen LogP contribution in [0.2, 0.25) is 0 Å². The maximum Gasteiger partial charge on any atom is 0.247 e. The number of carbonyl (C=O) groups is 2. The van der Waals surface area contributed by atoms with Crippen LogP contribution >= 0.6 is 0 Å². The normalized spacial score (nSPS) is 15.6. The van der Waals surface area contributed by atoms with Crippen molar-refractivity contribution in [1.29, 1.82) is 5.26 Å². The molecule has 2 amide bonds. The van der Waals surface area contributed by atoms with Gasteiger partial charge in [-0.2, -0.15) is 5.26 Å². The van der Waals surface area contributed by atoms with E-state index in [4.69, 9.17) is 10.00 Å². The molecule has 0 saturated carbocycles. The van der Waals surface area contributed by atoms with Gasteiger partial charge in [-0.3, -0.25) is 9.59 Å². The number of hydrogen-bond acceptors (Lipinski definition) is 4. The molecule has 0 bridgehead atoms. The summed E-state index contributed by atoms with van der Waals surface area (Å²) < 4.78 is 5.68. The van der Waals surface area contributed by atoms with E-state index in [9.17, 15) is 9.59 Å². The lowest BCUT2D eigenvalue weighted by atomic mass is 10.1. The molecule has 1 N–H and O–H groups in total. The van der Waals surface area contributed by atoms with Crippen LogP contribution in [0.3, 0.4) is 0 Å². The number of ether oxygens (including phenoxy) is 1. The van der Waals surface area contributed by atoms with E-state index in [1.807, 2.05) is 32.0 Å². The summed E-state index contributed by atoms with van der Waals surface area (Å²) in [5.74, 6) is -0.497. The van der Waals surface area contributed by atoms with Crippen LogP contribution in [0.25, 0.3) is 6.08 Å². The lowest BCUT2D eigenvalue weighted by Crippen LogP contribution is -2.41. The summed E-state index contributed by atoms with van der Waals surface area (Å²) in [6, 6.07) is 14.8. The minimum Gasteiger partial charge on any atom is -0.376 e. The van der Waals surface area contributed by atoms with Gasteiger partial charge in [-0.15, -0.1) is 0 Å². The third-order valence-corrected chi connectivity index (χ3v) is 5.43. The Balaban J connectivity index is 1.69. The number of nitriles is 1. The fourth-order valence-corrected chi connectivity index (χ4v) is 3.46. The zero-order valence-corrected chi connectivity index (χ0v) is 17.9. The van der Waals surface area contributed by atoms with E-state index in [0.29, 0.717) is 18.7 Å². The molecular formula is C25H27N3O3. The van der Waals surface area contributed by atoms with Crippen LogP contribution in [-0.2, 0) is 14.3 Å². The van der Waals surface area contributed by atoms with E-state index in [0.717, 1.165) is 35.2 Å². The van der Waals surface area contributed by atoms with E-state index in [2.05, 4.69) is 11.4 Å². The summed E-state index contributed by atoms with van der Waals surface area (Å²) in [5, 5.41) is 11.8. The first-order chi connectivity index (χ1) is 15.0. The molecule has 6 nitrogen and oxygen atoms in total. The molecule has 1 aliphatic rings. The number of anilines is 1. The molecule has 31 heavy (non-hydrogen) atoms. The molecule has 1 fully saturated rings. The number of rotatable bonds is 7. The monoisotopic (exact) mass is 417 g/mol. The van der Waals surface area contributed by atoms with Gasteiger partial charge in [0.25, 0.3) is 0 Å². The maximum absolute atomic E-state index is 12.9. The van der Waals surface area contributed by atoms with Gasteiger partial charge in [0.05, 0.1) is 17.7 Å². The minimum atomic E-state index is -0.254. The van der Waals surface area contributed by atoms with Crippen molar-refractivity contribution in [3.63, 3.8) is 0 Å². The van der Waals surface area contributed by atoms with Gasteiger partial charge in [0.2, 0.25) is 11.8 Å². The molecule has 1 atom stereocenters. The van der Waals surface area contributed by atoms with Gasteiger partial charge in [0, 0.05) is 24.9 Å².